The van der Waals surface area contributed by atoms with Gasteiger partial charge in [0, 0.05) is 12.0 Å². The Morgan fingerprint density at radius 3 is 2.24 bits per heavy atom. The average Bonchev–Trinajstić information content (AvgIpc) is 2.68. The van der Waals surface area contributed by atoms with E-state index in [0.717, 1.165) is 36.4 Å². The summed E-state index contributed by atoms with van der Waals surface area (Å²) in [6.45, 7) is 4.47. The quantitative estimate of drug-likeness (QED) is 0.902. The SMILES string of the molecule is CC(C)Cc1c(N)noc1CC12CC3CC(CC(C3)C1)C2. The van der Waals surface area contributed by atoms with Crippen LogP contribution in [0.2, 0.25) is 0 Å². The summed E-state index contributed by atoms with van der Waals surface area (Å²) in [6.07, 6.45) is 10.8. The fourth-order valence-corrected chi connectivity index (χ4v) is 5.97. The highest BCUT2D eigenvalue weighted by atomic mass is 16.5. The first-order valence-electron chi connectivity index (χ1n) is 8.76. The van der Waals surface area contributed by atoms with Gasteiger partial charge in [-0.1, -0.05) is 19.0 Å². The van der Waals surface area contributed by atoms with E-state index >= 15 is 0 Å². The molecule has 116 valence electrons. The van der Waals surface area contributed by atoms with Crippen LogP contribution >= 0.6 is 0 Å². The van der Waals surface area contributed by atoms with Crippen LogP contribution < -0.4 is 5.73 Å². The highest BCUT2D eigenvalue weighted by Crippen LogP contribution is 2.61. The molecule has 1 aromatic rings. The van der Waals surface area contributed by atoms with Gasteiger partial charge in [-0.15, -0.1) is 0 Å². The Morgan fingerprint density at radius 2 is 1.71 bits per heavy atom. The molecule has 4 aliphatic carbocycles. The number of aromatic nitrogens is 1. The summed E-state index contributed by atoms with van der Waals surface area (Å²) in [5.74, 6) is 5.30. The largest absolute Gasteiger partial charge is 0.381 e. The van der Waals surface area contributed by atoms with E-state index in [2.05, 4.69) is 19.0 Å². The zero-order chi connectivity index (χ0) is 14.6. The van der Waals surface area contributed by atoms with Gasteiger partial charge >= 0.3 is 0 Å². The number of hydrogen-bond acceptors (Lipinski definition) is 3. The number of rotatable bonds is 4. The van der Waals surface area contributed by atoms with Gasteiger partial charge in [-0.05, 0) is 74.0 Å². The summed E-state index contributed by atoms with van der Waals surface area (Å²) in [5, 5.41) is 4.07. The van der Waals surface area contributed by atoms with E-state index in [1.807, 2.05) is 0 Å². The van der Waals surface area contributed by atoms with Gasteiger partial charge in [0.15, 0.2) is 5.82 Å². The van der Waals surface area contributed by atoms with E-state index in [1.165, 1.54) is 44.1 Å². The van der Waals surface area contributed by atoms with Gasteiger partial charge < -0.3 is 10.3 Å². The summed E-state index contributed by atoms with van der Waals surface area (Å²) in [7, 11) is 0. The van der Waals surface area contributed by atoms with Crippen LogP contribution in [0.15, 0.2) is 4.52 Å². The molecule has 4 aliphatic rings. The molecule has 21 heavy (non-hydrogen) atoms. The van der Waals surface area contributed by atoms with Crippen molar-refractivity contribution < 1.29 is 4.52 Å². The molecule has 0 aromatic carbocycles. The molecule has 2 N–H and O–H groups in total. The van der Waals surface area contributed by atoms with Crippen LogP contribution in [0.4, 0.5) is 5.82 Å². The van der Waals surface area contributed by atoms with E-state index < -0.39 is 0 Å². The second-order valence-corrected chi connectivity index (χ2v) is 8.66. The van der Waals surface area contributed by atoms with Gasteiger partial charge in [-0.2, -0.15) is 0 Å². The molecule has 1 heterocycles. The molecule has 0 unspecified atom stereocenters. The molecule has 0 radical (unpaired) electrons. The van der Waals surface area contributed by atoms with E-state index in [4.69, 9.17) is 10.3 Å². The van der Waals surface area contributed by atoms with Crippen molar-refractivity contribution in [2.24, 2.45) is 29.1 Å². The maximum absolute atomic E-state index is 6.05. The number of hydrogen-bond donors (Lipinski definition) is 1. The van der Waals surface area contributed by atoms with E-state index in [1.54, 1.807) is 0 Å². The molecule has 0 atom stereocenters. The average molecular weight is 288 g/mol. The summed E-state index contributed by atoms with van der Waals surface area (Å²) in [4.78, 5) is 0. The lowest BCUT2D eigenvalue weighted by atomic mass is 9.48. The van der Waals surface area contributed by atoms with Crippen molar-refractivity contribution >= 4 is 5.82 Å². The van der Waals surface area contributed by atoms with Crippen LogP contribution in [0, 0.1) is 29.1 Å². The lowest BCUT2D eigenvalue weighted by Gasteiger charge is -2.56. The lowest BCUT2D eigenvalue weighted by Crippen LogP contribution is -2.47. The normalized spacial score (nSPS) is 37.6. The Labute approximate surface area is 127 Å². The summed E-state index contributed by atoms with van der Waals surface area (Å²) < 4.78 is 5.66. The second-order valence-electron chi connectivity index (χ2n) is 8.66. The van der Waals surface area contributed by atoms with E-state index in [-0.39, 0.29) is 0 Å². The Hall–Kier alpha value is -0.990. The molecule has 0 saturated heterocycles. The third kappa shape index (κ3) is 2.39. The molecule has 1 aromatic heterocycles. The van der Waals surface area contributed by atoms with Crippen molar-refractivity contribution in [2.75, 3.05) is 5.73 Å². The van der Waals surface area contributed by atoms with Crippen LogP contribution in [0.1, 0.15) is 63.7 Å². The molecule has 4 saturated carbocycles. The third-order valence-corrected chi connectivity index (χ3v) is 6.21. The van der Waals surface area contributed by atoms with Crippen LogP contribution in [-0.4, -0.2) is 5.16 Å². The molecule has 3 nitrogen and oxygen atoms in total. The van der Waals surface area contributed by atoms with Crippen molar-refractivity contribution in [3.05, 3.63) is 11.3 Å². The predicted molar refractivity (Wildman–Crippen MR) is 83.8 cm³/mol. The highest BCUT2D eigenvalue weighted by molar-refractivity contribution is 5.41. The first kappa shape index (κ1) is 13.7. The van der Waals surface area contributed by atoms with Crippen LogP contribution in [-0.2, 0) is 12.8 Å². The van der Waals surface area contributed by atoms with Crippen molar-refractivity contribution in [3.8, 4) is 0 Å². The topological polar surface area (TPSA) is 52.0 Å². The minimum Gasteiger partial charge on any atom is -0.381 e. The molecule has 4 bridgehead atoms. The Kier molecular flexibility index (Phi) is 3.09. The molecule has 0 amide bonds. The van der Waals surface area contributed by atoms with Crippen molar-refractivity contribution in [2.45, 2.75) is 65.2 Å². The Balaban J connectivity index is 1.59. The Morgan fingerprint density at radius 1 is 1.14 bits per heavy atom. The summed E-state index contributed by atoms with van der Waals surface area (Å²) >= 11 is 0. The minimum absolute atomic E-state index is 0.506. The second kappa shape index (κ2) is 4.76. The smallest absolute Gasteiger partial charge is 0.170 e. The van der Waals surface area contributed by atoms with Gasteiger partial charge in [0.05, 0.1) is 0 Å². The molecule has 0 spiro atoms. The maximum atomic E-state index is 6.05. The summed E-state index contributed by atoms with van der Waals surface area (Å²) in [6, 6.07) is 0. The minimum atomic E-state index is 0.506. The molecule has 5 rings (SSSR count). The fraction of sp³-hybridized carbons (Fsp3) is 0.833. The number of anilines is 1. The lowest BCUT2D eigenvalue weighted by molar-refractivity contribution is -0.0551. The van der Waals surface area contributed by atoms with Gasteiger partial charge in [0.25, 0.3) is 0 Å². The fourth-order valence-electron chi connectivity index (χ4n) is 5.97. The first-order chi connectivity index (χ1) is 10.0. The Bertz CT molecular complexity index is 496. The highest BCUT2D eigenvalue weighted by Gasteiger charge is 2.51. The third-order valence-electron chi connectivity index (χ3n) is 6.21. The van der Waals surface area contributed by atoms with Crippen molar-refractivity contribution in [1.29, 1.82) is 0 Å². The summed E-state index contributed by atoms with van der Waals surface area (Å²) in [5.41, 5.74) is 7.75. The zero-order valence-electron chi connectivity index (χ0n) is 13.4. The molecule has 0 aliphatic heterocycles. The first-order valence-corrected chi connectivity index (χ1v) is 8.76. The van der Waals surface area contributed by atoms with Crippen molar-refractivity contribution in [1.82, 2.24) is 5.16 Å². The van der Waals surface area contributed by atoms with Crippen molar-refractivity contribution in [3.63, 3.8) is 0 Å². The van der Waals surface area contributed by atoms with Gasteiger partial charge in [-0.3, -0.25) is 0 Å². The maximum Gasteiger partial charge on any atom is 0.170 e. The zero-order valence-corrected chi connectivity index (χ0v) is 13.4. The van der Waals surface area contributed by atoms with Crippen LogP contribution in [0.5, 0.6) is 0 Å². The molecule has 4 fully saturated rings. The molecule has 3 heteroatoms. The van der Waals surface area contributed by atoms with E-state index in [0.29, 0.717) is 17.2 Å². The number of nitrogen functional groups attached to an aromatic ring is 1. The number of nitrogens with zero attached hydrogens (tertiary/aromatic N) is 1. The standard InChI is InChI=1S/C18H28N2O/c1-11(2)3-15-16(21-20-17(15)19)10-18-7-12-4-13(8-18)6-14(5-12)9-18/h11-14H,3-10H2,1-2H3,(H2,19,20). The van der Waals surface area contributed by atoms with Gasteiger partial charge in [0.1, 0.15) is 5.76 Å². The van der Waals surface area contributed by atoms with Crippen LogP contribution in [0.3, 0.4) is 0 Å². The molecular weight excluding hydrogens is 260 g/mol. The predicted octanol–water partition coefficient (Wildman–Crippen LogP) is 4.21. The monoisotopic (exact) mass is 288 g/mol. The molecular formula is C18H28N2O. The van der Waals surface area contributed by atoms with E-state index in [9.17, 15) is 0 Å². The van der Waals surface area contributed by atoms with Gasteiger partial charge in [-0.25, -0.2) is 0 Å². The van der Waals surface area contributed by atoms with Crippen LogP contribution in [0.25, 0.3) is 0 Å². The number of nitrogens with two attached hydrogens (primary N) is 1. The van der Waals surface area contributed by atoms with Gasteiger partial charge in [0.2, 0.25) is 0 Å².